The second-order valence-corrected chi connectivity index (χ2v) is 6.43. The van der Waals surface area contributed by atoms with Crippen molar-refractivity contribution in [2.45, 2.75) is 12.8 Å². The van der Waals surface area contributed by atoms with Gasteiger partial charge in [0.2, 0.25) is 5.91 Å². The third-order valence-electron chi connectivity index (χ3n) is 3.23. The third kappa shape index (κ3) is 8.25. The third-order valence-corrected chi connectivity index (χ3v) is 4.24. The van der Waals surface area contributed by atoms with Crippen LogP contribution in [0.1, 0.15) is 17.8 Å². The van der Waals surface area contributed by atoms with E-state index in [9.17, 15) is 4.79 Å². The van der Waals surface area contributed by atoms with Crippen molar-refractivity contribution in [3.8, 4) is 0 Å². The van der Waals surface area contributed by atoms with Gasteiger partial charge in [0.1, 0.15) is 6.54 Å². The highest BCUT2D eigenvalue weighted by Gasteiger charge is 2.15. The maximum Gasteiger partial charge on any atom is 0.243 e. The molecular formula is C15H28IN5O2S. The molecule has 0 saturated carbocycles. The summed E-state index contributed by atoms with van der Waals surface area (Å²) in [6.07, 6.45) is 1.82. The summed E-state index contributed by atoms with van der Waals surface area (Å²) in [5.74, 6) is 0.956. The van der Waals surface area contributed by atoms with E-state index in [1.54, 1.807) is 32.5 Å². The Kier molecular flexibility index (Phi) is 11.9. The number of amides is 1. The fraction of sp³-hybridized carbons (Fsp3) is 0.667. The predicted octanol–water partition coefficient (Wildman–Crippen LogP) is 1.48. The van der Waals surface area contributed by atoms with Gasteiger partial charge in [0.25, 0.3) is 0 Å². The maximum absolute atomic E-state index is 11.7. The zero-order valence-electron chi connectivity index (χ0n) is 15.0. The van der Waals surface area contributed by atoms with E-state index in [0.29, 0.717) is 25.0 Å². The molecular weight excluding hydrogens is 441 g/mol. The zero-order valence-corrected chi connectivity index (χ0v) is 18.1. The van der Waals surface area contributed by atoms with Gasteiger partial charge in [-0.1, -0.05) is 6.92 Å². The van der Waals surface area contributed by atoms with Gasteiger partial charge in [-0.25, -0.2) is 9.98 Å². The largest absolute Gasteiger partial charge is 0.383 e. The summed E-state index contributed by atoms with van der Waals surface area (Å²) in [4.78, 5) is 24.1. The van der Waals surface area contributed by atoms with Gasteiger partial charge in [-0.15, -0.1) is 35.3 Å². The van der Waals surface area contributed by atoms with Crippen molar-refractivity contribution in [1.82, 2.24) is 20.1 Å². The Hall–Kier alpha value is -0.940. The van der Waals surface area contributed by atoms with E-state index in [2.05, 4.69) is 22.2 Å². The molecule has 1 unspecified atom stereocenters. The van der Waals surface area contributed by atoms with Crippen LogP contribution >= 0.6 is 35.3 Å². The summed E-state index contributed by atoms with van der Waals surface area (Å²) < 4.78 is 5.06. The van der Waals surface area contributed by atoms with Crippen LogP contribution in [0.3, 0.4) is 0 Å². The van der Waals surface area contributed by atoms with Crippen molar-refractivity contribution in [2.24, 2.45) is 4.99 Å². The van der Waals surface area contributed by atoms with Crippen molar-refractivity contribution in [1.29, 1.82) is 0 Å². The number of carbonyl (C=O) groups is 1. The first-order chi connectivity index (χ1) is 11.0. The molecule has 1 aromatic heterocycles. The molecule has 0 aliphatic carbocycles. The Bertz CT molecular complexity index is 496. The molecule has 24 heavy (non-hydrogen) atoms. The Balaban J connectivity index is 0.00000529. The molecule has 0 radical (unpaired) electrons. The van der Waals surface area contributed by atoms with Crippen LogP contribution in [0.25, 0.3) is 0 Å². The first-order valence-corrected chi connectivity index (χ1v) is 8.41. The Morgan fingerprint density at radius 2 is 2.17 bits per heavy atom. The molecule has 1 rings (SSSR count). The average Bonchev–Trinajstić information content (AvgIpc) is 3.04. The van der Waals surface area contributed by atoms with Crippen LogP contribution in [0.4, 0.5) is 0 Å². The number of thiazole rings is 1. The van der Waals surface area contributed by atoms with E-state index < -0.39 is 0 Å². The highest BCUT2D eigenvalue weighted by atomic mass is 127. The summed E-state index contributed by atoms with van der Waals surface area (Å²) >= 11 is 1.65. The van der Waals surface area contributed by atoms with Gasteiger partial charge in [0, 0.05) is 58.8 Å². The highest BCUT2D eigenvalue weighted by Crippen LogP contribution is 2.18. The van der Waals surface area contributed by atoms with Gasteiger partial charge < -0.3 is 19.9 Å². The number of hydrogen-bond donors (Lipinski definition) is 1. The lowest BCUT2D eigenvalue weighted by Gasteiger charge is -2.25. The number of rotatable bonds is 8. The molecule has 1 aromatic rings. The maximum atomic E-state index is 11.7. The van der Waals surface area contributed by atoms with Crippen LogP contribution in [-0.4, -0.2) is 81.1 Å². The molecule has 1 N–H and O–H groups in total. The lowest BCUT2D eigenvalue weighted by atomic mass is 10.2. The minimum atomic E-state index is -0.0302. The number of nitrogens with one attached hydrogen (secondary N) is 1. The summed E-state index contributed by atoms with van der Waals surface area (Å²) in [6, 6.07) is 0. The first kappa shape index (κ1) is 23.1. The molecule has 9 heteroatoms. The quantitative estimate of drug-likeness (QED) is 0.270. The zero-order chi connectivity index (χ0) is 17.2. The van der Waals surface area contributed by atoms with Crippen LogP contribution in [0.15, 0.2) is 16.6 Å². The number of aromatic nitrogens is 1. The smallest absolute Gasteiger partial charge is 0.243 e. The number of ether oxygens (including phenoxy) is 1. The molecule has 1 atom stereocenters. The van der Waals surface area contributed by atoms with Crippen LogP contribution in [0, 0.1) is 0 Å². The summed E-state index contributed by atoms with van der Waals surface area (Å²) in [6.45, 7) is 4.24. The monoisotopic (exact) mass is 469 g/mol. The van der Waals surface area contributed by atoms with Crippen molar-refractivity contribution in [3.05, 3.63) is 16.6 Å². The van der Waals surface area contributed by atoms with Crippen LogP contribution in [-0.2, 0) is 9.53 Å². The Morgan fingerprint density at radius 3 is 2.71 bits per heavy atom. The number of aliphatic imine (C=N–C) groups is 1. The van der Waals surface area contributed by atoms with Crippen molar-refractivity contribution < 1.29 is 9.53 Å². The first-order valence-electron chi connectivity index (χ1n) is 7.53. The Morgan fingerprint density at radius 1 is 1.46 bits per heavy atom. The molecule has 0 fully saturated rings. The molecule has 0 saturated heterocycles. The van der Waals surface area contributed by atoms with Crippen molar-refractivity contribution >= 4 is 47.2 Å². The van der Waals surface area contributed by atoms with Gasteiger partial charge in [0.15, 0.2) is 5.96 Å². The standard InChI is InChI=1S/C15H27N5O2S.HI/c1-12(14-16-7-9-23-14)11-20(4)15(17-6-8-22-5)18-10-13(21)19(2)3;/h7,9,12H,6,8,10-11H2,1-5H3,(H,17,18);1H. The number of hydrogen-bond acceptors (Lipinski definition) is 5. The second-order valence-electron chi connectivity index (χ2n) is 5.50. The van der Waals surface area contributed by atoms with Gasteiger partial charge in [0.05, 0.1) is 11.6 Å². The van der Waals surface area contributed by atoms with Gasteiger partial charge in [-0.2, -0.15) is 0 Å². The fourth-order valence-corrected chi connectivity index (χ4v) is 2.60. The average molecular weight is 469 g/mol. The molecule has 0 aliphatic heterocycles. The molecule has 1 heterocycles. The number of nitrogens with zero attached hydrogens (tertiary/aromatic N) is 4. The number of guanidine groups is 1. The molecule has 138 valence electrons. The SMILES string of the molecule is COCCNC(=NCC(=O)N(C)C)N(C)CC(C)c1nccs1.I. The molecule has 1 amide bonds. The molecule has 0 aliphatic rings. The fourth-order valence-electron chi connectivity index (χ4n) is 1.91. The van der Waals surface area contributed by atoms with Gasteiger partial charge in [-0.3, -0.25) is 4.79 Å². The van der Waals surface area contributed by atoms with Crippen LogP contribution in [0.2, 0.25) is 0 Å². The number of likely N-dealkylation sites (N-methyl/N-ethyl adjacent to an activating group) is 2. The van der Waals surface area contributed by atoms with E-state index in [0.717, 1.165) is 11.6 Å². The highest BCUT2D eigenvalue weighted by molar-refractivity contribution is 14.0. The van der Waals surface area contributed by atoms with Gasteiger partial charge in [-0.05, 0) is 0 Å². The van der Waals surface area contributed by atoms with Gasteiger partial charge >= 0.3 is 0 Å². The topological polar surface area (TPSA) is 70.1 Å². The number of methoxy groups -OCH3 is 1. The van der Waals surface area contributed by atoms with E-state index in [-0.39, 0.29) is 36.4 Å². The lowest BCUT2D eigenvalue weighted by Crippen LogP contribution is -2.42. The van der Waals surface area contributed by atoms with E-state index in [1.165, 1.54) is 4.90 Å². The van der Waals surface area contributed by atoms with Crippen molar-refractivity contribution in [2.75, 3.05) is 54.5 Å². The number of halogens is 1. The van der Waals surface area contributed by atoms with Crippen LogP contribution in [0.5, 0.6) is 0 Å². The number of carbonyl (C=O) groups excluding carboxylic acids is 1. The van der Waals surface area contributed by atoms with E-state index in [4.69, 9.17) is 4.74 Å². The van der Waals surface area contributed by atoms with E-state index >= 15 is 0 Å². The van der Waals surface area contributed by atoms with E-state index in [1.807, 2.05) is 23.5 Å². The van der Waals surface area contributed by atoms with Crippen molar-refractivity contribution in [3.63, 3.8) is 0 Å². The summed E-state index contributed by atoms with van der Waals surface area (Å²) in [7, 11) is 7.07. The van der Waals surface area contributed by atoms with Crippen LogP contribution < -0.4 is 5.32 Å². The second kappa shape index (κ2) is 12.4. The minimum Gasteiger partial charge on any atom is -0.383 e. The summed E-state index contributed by atoms with van der Waals surface area (Å²) in [5.41, 5.74) is 0. The summed E-state index contributed by atoms with van der Waals surface area (Å²) in [5, 5.41) is 6.30. The predicted molar refractivity (Wildman–Crippen MR) is 109 cm³/mol. The Labute approximate surface area is 165 Å². The molecule has 0 aromatic carbocycles. The normalized spacial score (nSPS) is 12.3. The minimum absolute atomic E-state index is 0. The molecule has 7 nitrogen and oxygen atoms in total. The lowest BCUT2D eigenvalue weighted by molar-refractivity contribution is -0.127. The molecule has 0 spiro atoms. The molecule has 0 bridgehead atoms.